The van der Waals surface area contributed by atoms with E-state index in [1.165, 1.54) is 0 Å². The summed E-state index contributed by atoms with van der Waals surface area (Å²) in [6, 6.07) is -0.420. The van der Waals surface area contributed by atoms with Gasteiger partial charge in [0, 0.05) is 41.5 Å². The van der Waals surface area contributed by atoms with Gasteiger partial charge in [0.2, 0.25) is 5.91 Å². The number of rotatable bonds is 10. The molecule has 0 rings (SSSR count). The molecule has 4 heteroatoms. The van der Waals surface area contributed by atoms with Gasteiger partial charge in [-0.3, -0.25) is 4.79 Å². The summed E-state index contributed by atoms with van der Waals surface area (Å²) in [4.78, 5) is 22.5. The standard InChI is InChI=1S/C14H26NO2.C3H7.La/c1-4-6-8-9-12(3)14(17)15-13(11-16)10-7-5-2;1-3-2;/h12-13H,4-10H2,1-3H3,(H,15,17);3H,1-2H3;/q2*-1;. The van der Waals surface area contributed by atoms with E-state index < -0.39 is 6.04 Å². The third-order valence-corrected chi connectivity index (χ3v) is 2.99. The zero-order chi connectivity index (χ0) is 15.8. The second-order valence-electron chi connectivity index (χ2n) is 5.30. The second kappa shape index (κ2) is 20.3. The van der Waals surface area contributed by atoms with Gasteiger partial charge in [-0.2, -0.15) is 13.8 Å². The molecule has 0 saturated carbocycles. The van der Waals surface area contributed by atoms with Crippen molar-refractivity contribution in [2.24, 2.45) is 5.92 Å². The van der Waals surface area contributed by atoms with Crippen LogP contribution < -0.4 is 5.32 Å². The molecule has 2 unspecified atom stereocenters. The van der Waals surface area contributed by atoms with Crippen molar-refractivity contribution >= 4 is 12.2 Å². The van der Waals surface area contributed by atoms with Crippen LogP contribution >= 0.6 is 0 Å². The average Bonchev–Trinajstić information content (AvgIpc) is 2.44. The summed E-state index contributed by atoms with van der Waals surface area (Å²) >= 11 is 0. The third-order valence-electron chi connectivity index (χ3n) is 2.99. The van der Waals surface area contributed by atoms with Crippen molar-refractivity contribution in [2.75, 3.05) is 0 Å². The first-order chi connectivity index (χ1) is 9.56. The summed E-state index contributed by atoms with van der Waals surface area (Å²) in [7, 11) is 0. The number of nitrogens with one attached hydrogen (secondary N) is 1. The maximum atomic E-state index is 11.8. The summed E-state index contributed by atoms with van der Waals surface area (Å²) < 4.78 is 0. The molecule has 2 atom stereocenters. The maximum Gasteiger partial charge on any atom is 0.220 e. The number of unbranched alkanes of at least 4 members (excludes halogenated alkanes) is 3. The maximum absolute atomic E-state index is 11.8. The number of carbonyl (C=O) groups excluding carboxylic acids is 2. The number of hydrogen-bond donors (Lipinski definition) is 1. The second-order valence-corrected chi connectivity index (χ2v) is 5.30. The van der Waals surface area contributed by atoms with Crippen molar-refractivity contribution in [3.05, 3.63) is 6.42 Å². The Morgan fingerprint density at radius 2 is 1.62 bits per heavy atom. The van der Waals surface area contributed by atoms with Crippen molar-refractivity contribution in [1.82, 2.24) is 5.32 Å². The van der Waals surface area contributed by atoms with Crippen molar-refractivity contribution in [3.8, 4) is 0 Å². The summed E-state index contributed by atoms with van der Waals surface area (Å²) in [5.74, 6) is -0.00965. The largest absolute Gasteiger partial charge is 0.540 e. The van der Waals surface area contributed by atoms with Crippen LogP contribution in [-0.2, 0) is 9.59 Å². The molecule has 0 aromatic carbocycles. The van der Waals surface area contributed by atoms with Crippen molar-refractivity contribution in [3.63, 3.8) is 0 Å². The van der Waals surface area contributed by atoms with Crippen LogP contribution in [-0.4, -0.2) is 18.2 Å². The van der Waals surface area contributed by atoms with Crippen molar-refractivity contribution in [1.29, 1.82) is 0 Å². The van der Waals surface area contributed by atoms with Crippen molar-refractivity contribution in [2.45, 2.75) is 85.6 Å². The van der Waals surface area contributed by atoms with Crippen LogP contribution in [0.2, 0.25) is 0 Å². The van der Waals surface area contributed by atoms with E-state index in [0.29, 0.717) is 6.42 Å². The first-order valence-corrected chi connectivity index (χ1v) is 7.99. The molecule has 1 N–H and O–H groups in total. The average molecular weight is 422 g/mol. The zero-order valence-corrected chi connectivity index (χ0v) is 18.2. The summed E-state index contributed by atoms with van der Waals surface area (Å²) in [5, 5.41) is 2.77. The van der Waals surface area contributed by atoms with Gasteiger partial charge in [-0.05, 0) is 6.42 Å². The van der Waals surface area contributed by atoms with Crippen LogP contribution in [0.15, 0.2) is 0 Å². The molecule has 0 aromatic heterocycles. The first kappa shape index (κ1) is 26.2. The van der Waals surface area contributed by atoms with Crippen molar-refractivity contribution < 1.29 is 45.2 Å². The Labute approximate surface area is 160 Å². The molecule has 1 amide bonds. The van der Waals surface area contributed by atoms with Gasteiger partial charge in [-0.25, -0.2) is 6.29 Å². The minimum absolute atomic E-state index is 0. The molecule has 3 nitrogen and oxygen atoms in total. The topological polar surface area (TPSA) is 46.2 Å². The molecule has 0 aliphatic carbocycles. The van der Waals surface area contributed by atoms with E-state index in [9.17, 15) is 9.59 Å². The van der Waals surface area contributed by atoms with Crippen LogP contribution in [0.1, 0.15) is 79.6 Å². The van der Waals surface area contributed by atoms with Gasteiger partial charge in [0.1, 0.15) is 0 Å². The van der Waals surface area contributed by atoms with Crippen LogP contribution in [0, 0.1) is 47.9 Å². The van der Waals surface area contributed by atoms with E-state index in [1.807, 2.05) is 33.5 Å². The van der Waals surface area contributed by atoms with E-state index in [0.717, 1.165) is 38.5 Å². The number of hydrogen-bond acceptors (Lipinski definition) is 2. The summed E-state index contributed by atoms with van der Waals surface area (Å²) in [6.07, 6.45) is 10.9. The van der Waals surface area contributed by atoms with Gasteiger partial charge in [0.25, 0.3) is 0 Å². The fourth-order valence-electron chi connectivity index (χ4n) is 1.71. The molecule has 0 fully saturated rings. The van der Waals surface area contributed by atoms with Crippen LogP contribution in [0.4, 0.5) is 0 Å². The Balaban J connectivity index is -0.000000740. The SMILES string of the molecule is CCCCCC(C)C(=O)NC([C-]=O)CCCC.C[CH-]C.[La]. The fraction of sp³-hybridized carbons (Fsp3) is 0.824. The van der Waals surface area contributed by atoms with Crippen LogP contribution in [0.25, 0.3) is 0 Å². The monoisotopic (exact) mass is 422 g/mol. The smallest absolute Gasteiger partial charge is 0.220 e. The molecular weight excluding hydrogens is 389 g/mol. The normalized spacial score (nSPS) is 12.2. The van der Waals surface area contributed by atoms with Crippen LogP contribution in [0.3, 0.4) is 0 Å². The predicted molar refractivity (Wildman–Crippen MR) is 86.1 cm³/mol. The molecule has 0 aliphatic heterocycles. The van der Waals surface area contributed by atoms with Gasteiger partial charge in [0.05, 0.1) is 0 Å². The Morgan fingerprint density at radius 1 is 1.10 bits per heavy atom. The Hall–Kier alpha value is 0.335. The van der Waals surface area contributed by atoms with Gasteiger partial charge < -0.3 is 16.5 Å². The van der Waals surface area contributed by atoms with E-state index in [-0.39, 0.29) is 47.4 Å². The number of carbonyl (C=O) groups is 1. The molecule has 0 spiro atoms. The predicted octanol–water partition coefficient (Wildman–Crippen LogP) is 4.22. The molecule has 0 aromatic rings. The van der Waals surface area contributed by atoms with Crippen LogP contribution in [0.5, 0.6) is 0 Å². The van der Waals surface area contributed by atoms with Gasteiger partial charge in [-0.1, -0.05) is 65.3 Å². The zero-order valence-electron chi connectivity index (χ0n) is 14.6. The van der Waals surface area contributed by atoms with E-state index in [4.69, 9.17) is 0 Å². The number of amides is 1. The molecule has 123 valence electrons. The van der Waals surface area contributed by atoms with Gasteiger partial charge in [-0.15, -0.1) is 0 Å². The molecule has 0 aliphatic rings. The van der Waals surface area contributed by atoms with E-state index >= 15 is 0 Å². The van der Waals surface area contributed by atoms with E-state index in [2.05, 4.69) is 19.2 Å². The minimum atomic E-state index is -0.420. The molecule has 0 saturated heterocycles. The summed E-state index contributed by atoms with van der Waals surface area (Å²) in [5.41, 5.74) is 0. The molecule has 0 bridgehead atoms. The Morgan fingerprint density at radius 3 is 2.05 bits per heavy atom. The Bertz CT molecular complexity index is 235. The molecule has 0 heterocycles. The summed E-state index contributed by atoms with van der Waals surface area (Å²) in [6.45, 7) is 10.1. The van der Waals surface area contributed by atoms with E-state index in [1.54, 1.807) is 0 Å². The molecule has 1 radical (unpaired) electrons. The quantitative estimate of drug-likeness (QED) is 0.423. The first-order valence-electron chi connectivity index (χ1n) is 7.99. The Kier molecular flexibility index (Phi) is 25.4. The third kappa shape index (κ3) is 18.3. The molecule has 21 heavy (non-hydrogen) atoms. The minimum Gasteiger partial charge on any atom is -0.540 e. The van der Waals surface area contributed by atoms with Gasteiger partial charge in [0.15, 0.2) is 0 Å². The van der Waals surface area contributed by atoms with Gasteiger partial charge >= 0.3 is 0 Å². The fourth-order valence-corrected chi connectivity index (χ4v) is 1.71. The molecular formula is C17H33LaNO2-2.